The molecule has 0 aliphatic heterocycles. The molecular formula is C16H18N2O2. The molecule has 0 bridgehead atoms. The Balaban J connectivity index is 2.36. The van der Waals surface area contributed by atoms with Crippen LogP contribution in [0.1, 0.15) is 17.3 Å². The second-order valence-corrected chi connectivity index (χ2v) is 4.38. The third-order valence-electron chi connectivity index (χ3n) is 3.04. The van der Waals surface area contributed by atoms with Crippen LogP contribution in [0.2, 0.25) is 0 Å². The van der Waals surface area contributed by atoms with Crippen molar-refractivity contribution < 1.29 is 9.53 Å². The number of nitrogens with two attached hydrogens (primary N) is 1. The van der Waals surface area contributed by atoms with Crippen molar-refractivity contribution in [1.82, 2.24) is 0 Å². The van der Waals surface area contributed by atoms with Gasteiger partial charge in [-0.05, 0) is 31.2 Å². The molecular weight excluding hydrogens is 252 g/mol. The number of nitrogens with zero attached hydrogens (tertiary/aromatic N) is 1. The number of ether oxygens (including phenoxy) is 1. The molecule has 1 amide bonds. The number of carbonyl (C=O) groups excluding carboxylic acids is 1. The first-order chi connectivity index (χ1) is 9.65. The number of para-hydroxylation sites is 1. The van der Waals surface area contributed by atoms with Gasteiger partial charge in [-0.15, -0.1) is 0 Å². The Hall–Kier alpha value is -2.49. The standard InChI is InChI=1S/C16H18N2O2/c1-3-18(14-7-5-4-6-8-14)16(19)12-9-13(17)11-15(10-12)20-2/h4-11H,3,17H2,1-2H3. The molecule has 0 aliphatic carbocycles. The number of benzene rings is 2. The summed E-state index contributed by atoms with van der Waals surface area (Å²) in [6, 6.07) is 14.6. The molecule has 0 saturated heterocycles. The minimum Gasteiger partial charge on any atom is -0.497 e. The van der Waals surface area contributed by atoms with Crippen molar-refractivity contribution in [2.75, 3.05) is 24.3 Å². The fourth-order valence-corrected chi connectivity index (χ4v) is 2.07. The Morgan fingerprint density at radius 3 is 2.50 bits per heavy atom. The maximum atomic E-state index is 12.6. The average Bonchev–Trinajstić information content (AvgIpc) is 2.48. The number of nitrogen functional groups attached to an aromatic ring is 1. The molecule has 2 N–H and O–H groups in total. The van der Waals surface area contributed by atoms with E-state index in [9.17, 15) is 4.79 Å². The van der Waals surface area contributed by atoms with Crippen LogP contribution in [-0.4, -0.2) is 19.6 Å². The normalized spacial score (nSPS) is 10.1. The van der Waals surface area contributed by atoms with Crippen molar-refractivity contribution in [3.63, 3.8) is 0 Å². The predicted octanol–water partition coefficient (Wildman–Crippen LogP) is 2.94. The summed E-state index contributed by atoms with van der Waals surface area (Å²) in [6.07, 6.45) is 0. The van der Waals surface area contributed by atoms with Crippen molar-refractivity contribution in [1.29, 1.82) is 0 Å². The van der Waals surface area contributed by atoms with E-state index < -0.39 is 0 Å². The molecule has 2 aromatic rings. The van der Waals surface area contributed by atoms with Crippen LogP contribution in [-0.2, 0) is 0 Å². The highest BCUT2D eigenvalue weighted by molar-refractivity contribution is 6.06. The topological polar surface area (TPSA) is 55.6 Å². The monoisotopic (exact) mass is 270 g/mol. The van der Waals surface area contributed by atoms with Crippen LogP contribution in [0.4, 0.5) is 11.4 Å². The van der Waals surface area contributed by atoms with E-state index in [-0.39, 0.29) is 5.91 Å². The lowest BCUT2D eigenvalue weighted by Crippen LogP contribution is -2.30. The Morgan fingerprint density at radius 1 is 1.20 bits per heavy atom. The molecule has 2 rings (SSSR count). The van der Waals surface area contributed by atoms with Crippen molar-refractivity contribution in [3.05, 3.63) is 54.1 Å². The Labute approximate surface area is 118 Å². The van der Waals surface area contributed by atoms with Gasteiger partial charge in [-0.2, -0.15) is 0 Å². The van der Waals surface area contributed by atoms with E-state index in [0.717, 1.165) is 5.69 Å². The van der Waals surface area contributed by atoms with Gasteiger partial charge < -0.3 is 15.4 Å². The highest BCUT2D eigenvalue weighted by Crippen LogP contribution is 2.22. The molecule has 0 unspecified atom stereocenters. The van der Waals surface area contributed by atoms with Crippen molar-refractivity contribution in [2.45, 2.75) is 6.92 Å². The molecule has 0 saturated carbocycles. The summed E-state index contributed by atoms with van der Waals surface area (Å²) in [4.78, 5) is 14.3. The predicted molar refractivity (Wildman–Crippen MR) is 81.2 cm³/mol. The number of hydrogen-bond acceptors (Lipinski definition) is 3. The fourth-order valence-electron chi connectivity index (χ4n) is 2.07. The first-order valence-corrected chi connectivity index (χ1v) is 6.47. The van der Waals surface area contributed by atoms with Crippen LogP contribution in [0.15, 0.2) is 48.5 Å². The number of amides is 1. The molecule has 0 fully saturated rings. The van der Waals surface area contributed by atoms with Gasteiger partial charge in [-0.3, -0.25) is 4.79 Å². The van der Waals surface area contributed by atoms with E-state index in [2.05, 4.69) is 0 Å². The quantitative estimate of drug-likeness (QED) is 0.869. The van der Waals surface area contributed by atoms with Crippen molar-refractivity contribution in [3.8, 4) is 5.75 Å². The number of anilines is 2. The Morgan fingerprint density at radius 2 is 1.90 bits per heavy atom. The molecule has 0 radical (unpaired) electrons. The number of carbonyl (C=O) groups is 1. The molecule has 4 heteroatoms. The first-order valence-electron chi connectivity index (χ1n) is 6.47. The van der Waals surface area contributed by atoms with Crippen LogP contribution in [0.3, 0.4) is 0 Å². The van der Waals surface area contributed by atoms with E-state index >= 15 is 0 Å². The molecule has 4 nitrogen and oxygen atoms in total. The summed E-state index contributed by atoms with van der Waals surface area (Å²) >= 11 is 0. The van der Waals surface area contributed by atoms with Crippen molar-refractivity contribution in [2.24, 2.45) is 0 Å². The zero-order valence-corrected chi connectivity index (χ0v) is 11.7. The molecule has 0 atom stereocenters. The van der Waals surface area contributed by atoms with E-state index in [1.54, 1.807) is 30.2 Å². The van der Waals surface area contributed by atoms with Gasteiger partial charge in [0.2, 0.25) is 0 Å². The molecule has 2 aromatic carbocycles. The van der Waals surface area contributed by atoms with E-state index in [1.807, 2.05) is 37.3 Å². The van der Waals surface area contributed by atoms with Gasteiger partial charge in [0.1, 0.15) is 5.75 Å². The number of hydrogen-bond donors (Lipinski definition) is 1. The summed E-state index contributed by atoms with van der Waals surface area (Å²) in [5, 5.41) is 0. The Kier molecular flexibility index (Phi) is 4.25. The number of rotatable bonds is 4. The van der Waals surface area contributed by atoms with Gasteiger partial charge >= 0.3 is 0 Å². The van der Waals surface area contributed by atoms with Gasteiger partial charge in [0.15, 0.2) is 0 Å². The van der Waals surface area contributed by atoms with Gasteiger partial charge in [0, 0.05) is 29.5 Å². The van der Waals surface area contributed by atoms with E-state index in [1.165, 1.54) is 0 Å². The first kappa shape index (κ1) is 13.9. The van der Waals surface area contributed by atoms with Crippen LogP contribution in [0.25, 0.3) is 0 Å². The largest absolute Gasteiger partial charge is 0.497 e. The van der Waals surface area contributed by atoms with Gasteiger partial charge in [0.25, 0.3) is 5.91 Å². The minimum atomic E-state index is -0.0932. The molecule has 0 aliphatic rings. The highest BCUT2D eigenvalue weighted by atomic mass is 16.5. The lowest BCUT2D eigenvalue weighted by molar-refractivity contribution is 0.0988. The molecule has 0 heterocycles. The second-order valence-electron chi connectivity index (χ2n) is 4.38. The summed E-state index contributed by atoms with van der Waals surface area (Å²) < 4.78 is 5.15. The minimum absolute atomic E-state index is 0.0932. The maximum absolute atomic E-state index is 12.6. The van der Waals surface area contributed by atoms with E-state index in [0.29, 0.717) is 23.5 Å². The Bertz CT molecular complexity index is 597. The van der Waals surface area contributed by atoms with Gasteiger partial charge in [-0.25, -0.2) is 0 Å². The summed E-state index contributed by atoms with van der Waals surface area (Å²) in [7, 11) is 1.55. The fraction of sp³-hybridized carbons (Fsp3) is 0.188. The average molecular weight is 270 g/mol. The third kappa shape index (κ3) is 2.91. The molecule has 20 heavy (non-hydrogen) atoms. The van der Waals surface area contributed by atoms with Crippen molar-refractivity contribution >= 4 is 17.3 Å². The zero-order valence-electron chi connectivity index (χ0n) is 11.7. The highest BCUT2D eigenvalue weighted by Gasteiger charge is 2.17. The van der Waals surface area contributed by atoms with Crippen LogP contribution in [0, 0.1) is 0 Å². The summed E-state index contributed by atoms with van der Waals surface area (Å²) in [5.41, 5.74) is 7.70. The van der Waals surface area contributed by atoms with Crippen LogP contribution < -0.4 is 15.4 Å². The molecule has 0 aromatic heterocycles. The summed E-state index contributed by atoms with van der Waals surface area (Å²) in [6.45, 7) is 2.52. The molecule has 0 spiro atoms. The van der Waals surface area contributed by atoms with E-state index in [4.69, 9.17) is 10.5 Å². The van der Waals surface area contributed by atoms with Gasteiger partial charge in [-0.1, -0.05) is 18.2 Å². The van der Waals surface area contributed by atoms with Crippen LogP contribution in [0.5, 0.6) is 5.75 Å². The zero-order chi connectivity index (χ0) is 14.5. The SMILES string of the molecule is CCN(C(=O)c1cc(N)cc(OC)c1)c1ccccc1. The smallest absolute Gasteiger partial charge is 0.258 e. The second kappa shape index (κ2) is 6.10. The third-order valence-corrected chi connectivity index (χ3v) is 3.04. The summed E-state index contributed by atoms with van der Waals surface area (Å²) in [5.74, 6) is 0.488. The maximum Gasteiger partial charge on any atom is 0.258 e. The number of methoxy groups -OCH3 is 1. The van der Waals surface area contributed by atoms with Crippen LogP contribution >= 0.6 is 0 Å². The lowest BCUT2D eigenvalue weighted by Gasteiger charge is -2.21. The van der Waals surface area contributed by atoms with Gasteiger partial charge in [0.05, 0.1) is 7.11 Å². The molecule has 104 valence electrons. The lowest BCUT2D eigenvalue weighted by atomic mass is 10.1.